The van der Waals surface area contributed by atoms with Crippen LogP contribution in [0.2, 0.25) is 18.1 Å². The summed E-state index contributed by atoms with van der Waals surface area (Å²) < 4.78 is 6.06. The Hall–Kier alpha value is 0.0969. The van der Waals surface area contributed by atoms with E-state index in [0.717, 1.165) is 12.8 Å². The van der Waals surface area contributed by atoms with Crippen LogP contribution in [0.15, 0.2) is 0 Å². The summed E-state index contributed by atoms with van der Waals surface area (Å²) in [5.41, 5.74) is -0.402. The zero-order chi connectivity index (χ0) is 23.8. The second-order valence-corrected chi connectivity index (χ2v) is 16.5. The maximum absolute atomic E-state index is 9.97. The van der Waals surface area contributed by atoms with Crippen molar-refractivity contribution in [3.8, 4) is 0 Å². The van der Waals surface area contributed by atoms with E-state index in [2.05, 4.69) is 47.7 Å². The minimum absolute atomic E-state index is 0.119. The zero-order valence-electron chi connectivity index (χ0n) is 22.7. The molecule has 0 aliphatic heterocycles. The van der Waals surface area contributed by atoms with Crippen LogP contribution in [-0.2, 0) is 9.46 Å². The average Bonchev–Trinajstić information content (AvgIpc) is 2.65. The van der Waals surface area contributed by atoms with Crippen LogP contribution in [0.1, 0.15) is 144 Å². The van der Waals surface area contributed by atoms with Gasteiger partial charge in [-0.05, 0) is 38.4 Å². The maximum Gasteiger partial charge on any atom is 0.238 e. The molecule has 4 heteroatoms. The summed E-state index contributed by atoms with van der Waals surface area (Å²) >= 11 is 0. The van der Waals surface area contributed by atoms with Crippen LogP contribution in [0.25, 0.3) is 0 Å². The molecule has 0 fully saturated rings. The fraction of sp³-hybridized carbons (Fsp3) is 1.00. The SMILES string of the molecule is CCCCCCCCCCCCCCCCC(C)(CC(C)O)OO[Si](C)(C)C(C)(C)C. The summed E-state index contributed by atoms with van der Waals surface area (Å²) in [4.78, 5) is 6.05. The predicted molar refractivity (Wildman–Crippen MR) is 139 cm³/mol. The molecule has 0 heterocycles. The molecule has 0 aliphatic carbocycles. The Morgan fingerprint density at radius 1 is 0.710 bits per heavy atom. The number of rotatable bonds is 20. The van der Waals surface area contributed by atoms with Crippen molar-refractivity contribution in [3.05, 3.63) is 0 Å². The van der Waals surface area contributed by atoms with E-state index in [1.165, 1.54) is 83.5 Å². The van der Waals surface area contributed by atoms with E-state index >= 15 is 0 Å². The molecule has 0 aliphatic rings. The van der Waals surface area contributed by atoms with Crippen LogP contribution >= 0.6 is 0 Å². The standard InChI is InChI=1S/C27H58O3Si/c1-9-10-11-12-13-14-15-16-17-18-19-20-21-22-23-27(6,24-25(2)28)29-30-31(7,8)26(3,4)5/h25,28H,9-24H2,1-8H3. The van der Waals surface area contributed by atoms with Gasteiger partial charge in [0.1, 0.15) is 5.60 Å². The van der Waals surface area contributed by atoms with Gasteiger partial charge in [-0.15, -0.1) is 0 Å². The highest BCUT2D eigenvalue weighted by Crippen LogP contribution is 2.38. The number of aliphatic hydroxyl groups excluding tert-OH is 1. The Kier molecular flexibility index (Phi) is 16.7. The molecule has 0 saturated carbocycles. The molecule has 0 aromatic rings. The van der Waals surface area contributed by atoms with E-state index in [0.29, 0.717) is 6.42 Å². The second-order valence-electron chi connectivity index (χ2n) is 11.8. The van der Waals surface area contributed by atoms with Crippen LogP contribution in [0, 0.1) is 0 Å². The van der Waals surface area contributed by atoms with E-state index in [1.807, 2.05) is 6.92 Å². The van der Waals surface area contributed by atoms with Gasteiger partial charge < -0.3 is 5.11 Å². The first-order valence-electron chi connectivity index (χ1n) is 13.5. The van der Waals surface area contributed by atoms with Crippen LogP contribution in [-0.4, -0.2) is 25.1 Å². The Balaban J connectivity index is 3.94. The molecule has 0 bridgehead atoms. The topological polar surface area (TPSA) is 38.7 Å². The van der Waals surface area contributed by atoms with Crippen molar-refractivity contribution < 1.29 is 14.6 Å². The van der Waals surface area contributed by atoms with E-state index < -0.39 is 13.9 Å². The first-order chi connectivity index (χ1) is 14.4. The summed E-state index contributed by atoms with van der Waals surface area (Å²) in [6.07, 6.45) is 20.4. The van der Waals surface area contributed by atoms with Crippen LogP contribution in [0.5, 0.6) is 0 Å². The predicted octanol–water partition coefficient (Wildman–Crippen LogP) is 9.34. The molecule has 0 rings (SSSR count). The normalized spacial score (nSPS) is 15.8. The summed E-state index contributed by atoms with van der Waals surface area (Å²) in [5, 5.41) is 10.1. The fourth-order valence-electron chi connectivity index (χ4n) is 3.83. The smallest absolute Gasteiger partial charge is 0.238 e. The third-order valence-electron chi connectivity index (χ3n) is 7.04. The van der Waals surface area contributed by atoms with E-state index in [1.54, 1.807) is 0 Å². The zero-order valence-corrected chi connectivity index (χ0v) is 23.7. The quantitative estimate of drug-likeness (QED) is 0.0854. The maximum atomic E-state index is 9.97. The second kappa shape index (κ2) is 16.7. The lowest BCUT2D eigenvalue weighted by Crippen LogP contribution is -2.44. The molecule has 0 aromatic carbocycles. The van der Waals surface area contributed by atoms with Crippen molar-refractivity contribution >= 4 is 8.32 Å². The Morgan fingerprint density at radius 2 is 1.10 bits per heavy atom. The number of unbranched alkanes of at least 4 members (excludes halogenated alkanes) is 13. The number of hydrogen-bond acceptors (Lipinski definition) is 3. The highest BCUT2D eigenvalue weighted by molar-refractivity contribution is 6.73. The lowest BCUT2D eigenvalue weighted by Gasteiger charge is -2.39. The number of hydrogen-bond donors (Lipinski definition) is 1. The largest absolute Gasteiger partial charge is 0.393 e. The summed E-state index contributed by atoms with van der Waals surface area (Å²) in [7, 11) is -1.96. The van der Waals surface area contributed by atoms with Crippen molar-refractivity contribution in [1.82, 2.24) is 0 Å². The van der Waals surface area contributed by atoms with Gasteiger partial charge in [0.15, 0.2) is 0 Å². The van der Waals surface area contributed by atoms with Gasteiger partial charge in [-0.3, -0.25) is 4.58 Å². The summed E-state index contributed by atoms with van der Waals surface area (Å²) in [6, 6.07) is 0. The van der Waals surface area contributed by atoms with Gasteiger partial charge in [-0.2, -0.15) is 0 Å². The third-order valence-corrected chi connectivity index (χ3v) is 11.2. The van der Waals surface area contributed by atoms with E-state index in [-0.39, 0.29) is 11.1 Å². The summed E-state index contributed by atoms with van der Waals surface area (Å²) in [6.45, 7) is 17.3. The minimum atomic E-state index is -1.96. The molecule has 188 valence electrons. The van der Waals surface area contributed by atoms with E-state index in [4.69, 9.17) is 9.46 Å². The molecule has 0 aromatic heterocycles. The number of aliphatic hydroxyl groups is 1. The van der Waals surface area contributed by atoms with Gasteiger partial charge in [0.05, 0.1) is 6.10 Å². The molecule has 0 radical (unpaired) electrons. The monoisotopic (exact) mass is 458 g/mol. The first-order valence-corrected chi connectivity index (χ1v) is 16.4. The molecule has 0 amide bonds. The first kappa shape index (κ1) is 31.1. The Morgan fingerprint density at radius 3 is 1.45 bits per heavy atom. The van der Waals surface area contributed by atoms with Gasteiger partial charge in [0.25, 0.3) is 0 Å². The van der Waals surface area contributed by atoms with Gasteiger partial charge in [-0.25, -0.2) is 4.89 Å². The van der Waals surface area contributed by atoms with Crippen molar-refractivity contribution in [2.75, 3.05) is 0 Å². The molecule has 31 heavy (non-hydrogen) atoms. The molecule has 0 saturated heterocycles. The Labute approximate surface area is 197 Å². The fourth-order valence-corrected chi connectivity index (χ4v) is 4.49. The molecular weight excluding hydrogens is 400 g/mol. The molecule has 0 spiro atoms. The highest BCUT2D eigenvalue weighted by atomic mass is 28.4. The molecule has 2 atom stereocenters. The van der Waals surface area contributed by atoms with E-state index in [9.17, 15) is 5.11 Å². The molecule has 2 unspecified atom stereocenters. The average molecular weight is 459 g/mol. The highest BCUT2D eigenvalue weighted by Gasteiger charge is 2.41. The van der Waals surface area contributed by atoms with Crippen molar-refractivity contribution in [2.24, 2.45) is 0 Å². The lowest BCUT2D eigenvalue weighted by molar-refractivity contribution is -0.306. The van der Waals surface area contributed by atoms with Crippen LogP contribution in [0.4, 0.5) is 0 Å². The van der Waals surface area contributed by atoms with Gasteiger partial charge >= 0.3 is 0 Å². The minimum Gasteiger partial charge on any atom is -0.393 e. The Bertz CT molecular complexity index is 417. The van der Waals surface area contributed by atoms with Gasteiger partial charge in [0.2, 0.25) is 8.32 Å². The molecular formula is C27H58O3Si. The van der Waals surface area contributed by atoms with Crippen LogP contribution < -0.4 is 0 Å². The molecule has 1 N–H and O–H groups in total. The van der Waals surface area contributed by atoms with Gasteiger partial charge in [0, 0.05) is 6.42 Å². The molecule has 3 nitrogen and oxygen atoms in total. The summed E-state index contributed by atoms with van der Waals surface area (Å²) in [5.74, 6) is 0. The van der Waals surface area contributed by atoms with Crippen molar-refractivity contribution in [1.29, 1.82) is 0 Å². The van der Waals surface area contributed by atoms with Crippen molar-refractivity contribution in [3.63, 3.8) is 0 Å². The third kappa shape index (κ3) is 16.4. The van der Waals surface area contributed by atoms with Gasteiger partial charge in [-0.1, -0.05) is 118 Å². The van der Waals surface area contributed by atoms with Crippen LogP contribution in [0.3, 0.4) is 0 Å². The van der Waals surface area contributed by atoms with Crippen molar-refractivity contribution in [2.45, 2.75) is 174 Å². The lowest BCUT2D eigenvalue weighted by atomic mass is 9.92.